The van der Waals surface area contributed by atoms with Crippen molar-refractivity contribution in [1.29, 1.82) is 0 Å². The van der Waals surface area contributed by atoms with Gasteiger partial charge in [-0.15, -0.1) is 0 Å². The van der Waals surface area contributed by atoms with Crippen LogP contribution in [0.2, 0.25) is 0 Å². The first kappa shape index (κ1) is 24.2. The lowest BCUT2D eigenvalue weighted by atomic mass is 9.78. The highest BCUT2D eigenvalue weighted by atomic mass is 16.5. The first-order chi connectivity index (χ1) is 18.5. The largest absolute Gasteiger partial charge is 0.497 e. The Morgan fingerprint density at radius 1 is 0.947 bits per heavy atom. The van der Waals surface area contributed by atoms with Gasteiger partial charge in [0.15, 0.2) is 0 Å². The predicted molar refractivity (Wildman–Crippen MR) is 153 cm³/mol. The minimum absolute atomic E-state index is 0.115. The van der Waals surface area contributed by atoms with Crippen LogP contribution in [0.1, 0.15) is 39.9 Å². The van der Waals surface area contributed by atoms with E-state index in [1.807, 2.05) is 29.2 Å². The summed E-state index contributed by atoms with van der Waals surface area (Å²) in [6.45, 7) is 6.96. The van der Waals surface area contributed by atoms with Crippen LogP contribution < -0.4 is 14.5 Å². The Morgan fingerprint density at radius 2 is 1.74 bits per heavy atom. The van der Waals surface area contributed by atoms with Gasteiger partial charge in [0.2, 0.25) is 0 Å². The summed E-state index contributed by atoms with van der Waals surface area (Å²) in [4.78, 5) is 20.5. The Morgan fingerprint density at radius 3 is 2.47 bits per heavy atom. The summed E-state index contributed by atoms with van der Waals surface area (Å²) in [5.41, 5.74) is 7.66. The number of hydrogen-bond donors (Lipinski definition) is 0. The molecule has 1 amide bonds. The van der Waals surface area contributed by atoms with E-state index in [1.165, 1.54) is 16.8 Å². The van der Waals surface area contributed by atoms with Crippen molar-refractivity contribution >= 4 is 17.3 Å². The summed E-state index contributed by atoms with van der Waals surface area (Å²) >= 11 is 0. The smallest absolute Gasteiger partial charge is 0.253 e. The van der Waals surface area contributed by atoms with Crippen molar-refractivity contribution in [3.63, 3.8) is 0 Å². The van der Waals surface area contributed by atoms with Gasteiger partial charge in [0.25, 0.3) is 5.91 Å². The molecule has 1 saturated heterocycles. The second kappa shape index (κ2) is 9.61. The topological polar surface area (TPSA) is 36.0 Å². The van der Waals surface area contributed by atoms with Crippen molar-refractivity contribution in [3.8, 4) is 17.6 Å². The van der Waals surface area contributed by atoms with E-state index in [-0.39, 0.29) is 11.4 Å². The molecule has 0 bridgehead atoms. The van der Waals surface area contributed by atoms with Gasteiger partial charge < -0.3 is 19.4 Å². The number of ether oxygens (including phenoxy) is 1. The third kappa shape index (κ3) is 4.01. The molecule has 5 nitrogen and oxygen atoms in total. The van der Waals surface area contributed by atoms with Crippen LogP contribution in [0.3, 0.4) is 0 Å². The molecule has 3 aromatic carbocycles. The molecule has 0 saturated carbocycles. The van der Waals surface area contributed by atoms with Crippen LogP contribution in [0.4, 0.5) is 11.4 Å². The Balaban J connectivity index is 1.40. The number of benzene rings is 3. The summed E-state index contributed by atoms with van der Waals surface area (Å²) < 4.78 is 5.67. The molecule has 0 radical (unpaired) electrons. The molecule has 0 unspecified atom stereocenters. The van der Waals surface area contributed by atoms with Crippen molar-refractivity contribution in [2.45, 2.75) is 38.8 Å². The molecule has 0 N–H and O–H groups in total. The highest BCUT2D eigenvalue weighted by Gasteiger charge is 2.50. The first-order valence-electron chi connectivity index (χ1n) is 13.3. The maximum Gasteiger partial charge on any atom is 0.253 e. The van der Waals surface area contributed by atoms with Crippen LogP contribution in [0.5, 0.6) is 5.75 Å². The van der Waals surface area contributed by atoms with Crippen LogP contribution >= 0.6 is 0 Å². The molecule has 3 aliphatic heterocycles. The van der Waals surface area contributed by atoms with E-state index in [2.05, 4.69) is 84.0 Å². The van der Waals surface area contributed by atoms with Gasteiger partial charge in [-0.05, 0) is 67.6 Å². The average molecular weight is 504 g/mol. The number of carbonyl (C=O) groups is 1. The zero-order chi connectivity index (χ0) is 26.3. The van der Waals surface area contributed by atoms with Crippen molar-refractivity contribution in [3.05, 3.63) is 101 Å². The van der Waals surface area contributed by atoms with Gasteiger partial charge in [-0.25, -0.2) is 0 Å². The fourth-order valence-corrected chi connectivity index (χ4v) is 6.12. The molecular weight excluding hydrogens is 470 g/mol. The van der Waals surface area contributed by atoms with E-state index in [1.54, 1.807) is 7.11 Å². The molecule has 6 rings (SSSR count). The van der Waals surface area contributed by atoms with Gasteiger partial charge in [-0.2, -0.15) is 0 Å². The maximum atomic E-state index is 13.5. The Kier molecular flexibility index (Phi) is 6.12. The lowest BCUT2D eigenvalue weighted by molar-refractivity contribution is 0.0679. The lowest BCUT2D eigenvalue weighted by Gasteiger charge is -2.57. The molecule has 3 aliphatic rings. The molecule has 3 heterocycles. The van der Waals surface area contributed by atoms with Gasteiger partial charge in [-0.1, -0.05) is 48.2 Å². The number of likely N-dealkylation sites (tertiary alicyclic amines) is 1. The lowest BCUT2D eigenvalue weighted by Crippen LogP contribution is -2.62. The van der Waals surface area contributed by atoms with E-state index in [0.717, 1.165) is 47.6 Å². The second-order valence-corrected chi connectivity index (χ2v) is 10.5. The number of fused-ring (bicyclic) bond motifs is 4. The number of nitrogens with zero attached hydrogens (tertiary/aromatic N) is 3. The number of anilines is 2. The van der Waals surface area contributed by atoms with Gasteiger partial charge in [-0.3, -0.25) is 4.79 Å². The van der Waals surface area contributed by atoms with Gasteiger partial charge in [0.05, 0.1) is 36.3 Å². The minimum atomic E-state index is -0.274. The standard InChI is InChI=1S/C33H33N3O2/c1-24-12-13-27(21-25(24)2)32(37)34-19-16-33(17-20-34)31-11-7-8-18-35(31)29-15-14-28(38-3)22-30(29)36(33)23-26-9-5-4-6-10-26/h4-6,9-15,21-22H,16-20,23H2,1-3H3. The van der Waals surface area contributed by atoms with Gasteiger partial charge >= 0.3 is 0 Å². The summed E-state index contributed by atoms with van der Waals surface area (Å²) in [5, 5.41) is 0. The molecule has 1 spiro atoms. The van der Waals surface area contributed by atoms with Crippen molar-refractivity contribution in [1.82, 2.24) is 4.90 Å². The number of piperidine rings is 1. The summed E-state index contributed by atoms with van der Waals surface area (Å²) in [6.07, 6.45) is 3.77. The molecular formula is C33H33N3O2. The number of allylic oxidation sites excluding steroid dienone is 1. The van der Waals surface area contributed by atoms with Crippen LogP contribution in [-0.4, -0.2) is 43.1 Å². The molecule has 38 heavy (non-hydrogen) atoms. The van der Waals surface area contributed by atoms with Gasteiger partial charge in [0, 0.05) is 37.3 Å². The van der Waals surface area contributed by atoms with E-state index in [0.29, 0.717) is 19.6 Å². The molecule has 5 heteroatoms. The van der Waals surface area contributed by atoms with E-state index >= 15 is 0 Å². The Hall–Kier alpha value is -4.17. The molecule has 3 aromatic rings. The minimum Gasteiger partial charge on any atom is -0.497 e. The Labute approximate surface area is 225 Å². The van der Waals surface area contributed by atoms with Crippen LogP contribution in [0.25, 0.3) is 0 Å². The van der Waals surface area contributed by atoms with Crippen molar-refractivity contribution in [2.24, 2.45) is 0 Å². The van der Waals surface area contributed by atoms with E-state index < -0.39 is 0 Å². The highest BCUT2D eigenvalue weighted by Crippen LogP contribution is 2.51. The fraction of sp³-hybridized carbons (Fsp3) is 0.303. The van der Waals surface area contributed by atoms with Crippen LogP contribution in [-0.2, 0) is 6.54 Å². The summed E-state index contributed by atoms with van der Waals surface area (Å²) in [6, 6.07) is 23.0. The third-order valence-corrected chi connectivity index (χ3v) is 8.41. The number of amides is 1. The molecule has 192 valence electrons. The Bertz CT molecular complexity index is 1470. The molecule has 0 aliphatic carbocycles. The first-order valence-corrected chi connectivity index (χ1v) is 13.3. The van der Waals surface area contributed by atoms with Gasteiger partial charge in [0.1, 0.15) is 5.75 Å². The predicted octanol–water partition coefficient (Wildman–Crippen LogP) is 5.71. The molecule has 0 atom stereocenters. The van der Waals surface area contributed by atoms with Crippen LogP contribution in [0, 0.1) is 25.7 Å². The number of methoxy groups -OCH3 is 1. The summed E-state index contributed by atoms with van der Waals surface area (Å²) in [5.74, 6) is 7.52. The monoisotopic (exact) mass is 503 g/mol. The number of hydrogen-bond acceptors (Lipinski definition) is 4. The maximum absolute atomic E-state index is 13.5. The summed E-state index contributed by atoms with van der Waals surface area (Å²) in [7, 11) is 1.72. The highest BCUT2D eigenvalue weighted by molar-refractivity contribution is 5.94. The van der Waals surface area contributed by atoms with E-state index in [4.69, 9.17) is 4.74 Å². The third-order valence-electron chi connectivity index (χ3n) is 8.41. The second-order valence-electron chi connectivity index (χ2n) is 10.5. The van der Waals surface area contributed by atoms with Crippen molar-refractivity contribution < 1.29 is 9.53 Å². The number of aryl methyl sites for hydroxylation is 2. The quantitative estimate of drug-likeness (QED) is 0.427. The zero-order valence-corrected chi connectivity index (χ0v) is 22.3. The van der Waals surface area contributed by atoms with Crippen molar-refractivity contribution in [2.75, 3.05) is 36.5 Å². The van der Waals surface area contributed by atoms with Crippen LogP contribution in [0.15, 0.2) is 78.5 Å². The molecule has 1 fully saturated rings. The fourth-order valence-electron chi connectivity index (χ4n) is 6.12. The number of carbonyl (C=O) groups excluding carboxylic acids is 1. The van der Waals surface area contributed by atoms with E-state index in [9.17, 15) is 4.79 Å². The zero-order valence-electron chi connectivity index (χ0n) is 22.3. The normalized spacial score (nSPS) is 17.2. The molecule has 0 aromatic heterocycles. The SMILES string of the molecule is COc1ccc2c(c1)N(Cc1ccccc1)C1(CCN(C(=O)c3ccc(C)c(C)c3)CC1)C1=CC#CCN12. The average Bonchev–Trinajstić information content (AvgIpc) is 2.97. The number of rotatable bonds is 4.